The molecule has 0 bridgehead atoms. The number of likely N-dealkylation sites (N-methyl/N-ethyl adjacent to an activating group) is 1. The fraction of sp³-hybridized carbons (Fsp3) is 0.536. The summed E-state index contributed by atoms with van der Waals surface area (Å²) in [5.74, 6) is -0.00572. The molecule has 0 aromatic heterocycles. The third-order valence-electron chi connectivity index (χ3n) is 6.92. The first-order chi connectivity index (χ1) is 16.6. The predicted molar refractivity (Wildman–Crippen MR) is 137 cm³/mol. The molecule has 2 amide bonds. The van der Waals surface area contributed by atoms with Gasteiger partial charge >= 0.3 is 6.03 Å². The van der Waals surface area contributed by atoms with Gasteiger partial charge in [0.05, 0.1) is 5.60 Å². The first-order valence-corrected chi connectivity index (χ1v) is 12.6. The first-order valence-electron chi connectivity index (χ1n) is 12.6. The van der Waals surface area contributed by atoms with E-state index in [1.165, 1.54) is 5.56 Å². The fourth-order valence-corrected chi connectivity index (χ4v) is 5.09. The molecule has 6 heteroatoms. The number of carbonyl (C=O) groups excluding carboxylic acids is 1. The molecule has 0 aliphatic carbocycles. The van der Waals surface area contributed by atoms with Crippen molar-refractivity contribution in [3.63, 3.8) is 0 Å². The van der Waals surface area contributed by atoms with Gasteiger partial charge in [-0.1, -0.05) is 60.7 Å². The Bertz CT molecular complexity index is 848. The van der Waals surface area contributed by atoms with Crippen LogP contribution in [-0.2, 0) is 16.8 Å². The molecule has 2 aromatic carbocycles. The van der Waals surface area contributed by atoms with E-state index in [2.05, 4.69) is 22.8 Å². The van der Waals surface area contributed by atoms with Crippen LogP contribution in [0.4, 0.5) is 4.79 Å². The van der Waals surface area contributed by atoms with Crippen LogP contribution in [0.3, 0.4) is 0 Å². The summed E-state index contributed by atoms with van der Waals surface area (Å²) < 4.78 is 5.21. The Morgan fingerprint density at radius 2 is 1.85 bits per heavy atom. The number of hydrogen-bond donors (Lipinski definition) is 3. The standard InChI is InChI=1S/C28H41N3O3/c1-29-21-26(20-23-12-5-3-6-13-23)30-27(32)31-18-11-16-25(22-31)28(33,17-9-10-19-34-2)24-14-7-4-8-15-24/h3-8,12-15,25-26,29,33H,9-11,16-22H2,1-2H3,(H,30,32). The maximum atomic E-state index is 13.3. The summed E-state index contributed by atoms with van der Waals surface area (Å²) in [6.45, 7) is 2.66. The van der Waals surface area contributed by atoms with Gasteiger partial charge in [-0.3, -0.25) is 0 Å². The minimum Gasteiger partial charge on any atom is -0.385 e. The number of amides is 2. The average Bonchev–Trinajstić information content (AvgIpc) is 2.88. The largest absolute Gasteiger partial charge is 0.385 e. The summed E-state index contributed by atoms with van der Waals surface area (Å²) in [6.07, 6.45) is 5.02. The number of methoxy groups -OCH3 is 1. The van der Waals surface area contributed by atoms with Crippen molar-refractivity contribution >= 4 is 6.03 Å². The van der Waals surface area contributed by atoms with Crippen LogP contribution in [0.5, 0.6) is 0 Å². The van der Waals surface area contributed by atoms with Gasteiger partial charge in [-0.25, -0.2) is 4.79 Å². The molecule has 1 fully saturated rings. The topological polar surface area (TPSA) is 73.8 Å². The van der Waals surface area contributed by atoms with E-state index >= 15 is 0 Å². The van der Waals surface area contributed by atoms with E-state index in [0.717, 1.165) is 37.7 Å². The SMILES string of the molecule is CNCC(Cc1ccccc1)NC(=O)N1CCCC(C(O)(CCCCOC)c2ccccc2)C1. The van der Waals surface area contributed by atoms with Gasteiger partial charge in [-0.15, -0.1) is 0 Å². The van der Waals surface area contributed by atoms with Crippen LogP contribution < -0.4 is 10.6 Å². The van der Waals surface area contributed by atoms with Gasteiger partial charge in [0.15, 0.2) is 0 Å². The van der Waals surface area contributed by atoms with E-state index < -0.39 is 5.60 Å². The van der Waals surface area contributed by atoms with Gasteiger partial charge in [-0.05, 0) is 56.7 Å². The molecule has 3 rings (SSSR count). The van der Waals surface area contributed by atoms with Gasteiger partial charge in [0.2, 0.25) is 0 Å². The molecule has 0 saturated carbocycles. The molecule has 6 nitrogen and oxygen atoms in total. The van der Waals surface area contributed by atoms with Gasteiger partial charge < -0.3 is 25.4 Å². The second-order valence-corrected chi connectivity index (χ2v) is 9.42. The van der Waals surface area contributed by atoms with Crippen molar-refractivity contribution in [2.75, 3.05) is 40.4 Å². The average molecular weight is 468 g/mol. The number of carbonyl (C=O) groups is 1. The lowest BCUT2D eigenvalue weighted by Crippen LogP contribution is -2.54. The van der Waals surface area contributed by atoms with Crippen molar-refractivity contribution < 1.29 is 14.6 Å². The number of unbranched alkanes of at least 4 members (excludes halogenated alkanes) is 1. The Morgan fingerprint density at radius 1 is 1.15 bits per heavy atom. The molecule has 186 valence electrons. The molecule has 3 unspecified atom stereocenters. The Balaban J connectivity index is 1.68. The number of piperidine rings is 1. The lowest BCUT2D eigenvalue weighted by molar-refractivity contribution is -0.0563. The zero-order valence-corrected chi connectivity index (χ0v) is 20.7. The Kier molecular flexibility index (Phi) is 10.4. The zero-order valence-electron chi connectivity index (χ0n) is 20.7. The van der Waals surface area contributed by atoms with Crippen LogP contribution in [0.15, 0.2) is 60.7 Å². The highest BCUT2D eigenvalue weighted by atomic mass is 16.5. The van der Waals surface area contributed by atoms with Crippen LogP contribution in [0.1, 0.15) is 43.2 Å². The highest BCUT2D eigenvalue weighted by Gasteiger charge is 2.41. The lowest BCUT2D eigenvalue weighted by Gasteiger charge is -2.43. The van der Waals surface area contributed by atoms with Gasteiger partial charge in [0.25, 0.3) is 0 Å². The second-order valence-electron chi connectivity index (χ2n) is 9.42. The van der Waals surface area contributed by atoms with Crippen LogP contribution in [0, 0.1) is 5.92 Å². The van der Waals surface area contributed by atoms with Crippen molar-refractivity contribution in [2.24, 2.45) is 5.92 Å². The van der Waals surface area contributed by atoms with Crippen LogP contribution in [0.25, 0.3) is 0 Å². The molecule has 3 atom stereocenters. The Morgan fingerprint density at radius 3 is 2.53 bits per heavy atom. The molecular weight excluding hydrogens is 426 g/mol. The summed E-state index contributed by atoms with van der Waals surface area (Å²) in [5, 5.41) is 18.4. The van der Waals surface area contributed by atoms with Crippen molar-refractivity contribution in [2.45, 2.75) is 50.2 Å². The van der Waals surface area contributed by atoms with E-state index in [-0.39, 0.29) is 18.0 Å². The number of rotatable bonds is 12. The molecule has 0 spiro atoms. The number of benzene rings is 2. The zero-order chi connectivity index (χ0) is 24.2. The number of aliphatic hydroxyl groups is 1. The van der Waals surface area contributed by atoms with E-state index in [1.54, 1.807) is 7.11 Å². The first kappa shape index (κ1) is 26.2. The fourth-order valence-electron chi connectivity index (χ4n) is 5.09. The molecule has 3 N–H and O–H groups in total. The molecule has 34 heavy (non-hydrogen) atoms. The van der Waals surface area contributed by atoms with Crippen LogP contribution in [-0.4, -0.2) is 62.5 Å². The molecule has 1 aliphatic heterocycles. The van der Waals surface area contributed by atoms with Crippen molar-refractivity contribution in [1.82, 2.24) is 15.5 Å². The summed E-state index contributed by atoms with van der Waals surface area (Å²) in [7, 11) is 3.62. The number of ether oxygens (including phenoxy) is 1. The maximum absolute atomic E-state index is 13.3. The monoisotopic (exact) mass is 467 g/mol. The summed E-state index contributed by atoms with van der Waals surface area (Å²) in [5.41, 5.74) is 1.19. The van der Waals surface area contributed by atoms with Crippen LogP contribution >= 0.6 is 0 Å². The summed E-state index contributed by atoms with van der Waals surface area (Å²) in [4.78, 5) is 15.2. The minimum atomic E-state index is -0.956. The minimum absolute atomic E-state index is 0.00215. The smallest absolute Gasteiger partial charge is 0.317 e. The second kappa shape index (κ2) is 13.5. The van der Waals surface area contributed by atoms with Gasteiger partial charge in [-0.2, -0.15) is 0 Å². The van der Waals surface area contributed by atoms with E-state index in [0.29, 0.717) is 32.7 Å². The summed E-state index contributed by atoms with van der Waals surface area (Å²) in [6, 6.07) is 20.2. The third kappa shape index (κ3) is 7.29. The number of nitrogens with one attached hydrogen (secondary N) is 2. The Hall–Kier alpha value is -2.41. The molecule has 0 radical (unpaired) electrons. The molecule has 1 saturated heterocycles. The maximum Gasteiger partial charge on any atom is 0.317 e. The number of hydrogen-bond acceptors (Lipinski definition) is 4. The number of urea groups is 1. The predicted octanol–water partition coefficient (Wildman–Crippen LogP) is 3.94. The Labute approximate surface area is 204 Å². The number of likely N-dealkylation sites (tertiary alicyclic amines) is 1. The van der Waals surface area contributed by atoms with Crippen molar-refractivity contribution in [3.05, 3.63) is 71.8 Å². The highest BCUT2D eigenvalue weighted by molar-refractivity contribution is 5.74. The molecule has 1 heterocycles. The van der Waals surface area contributed by atoms with Crippen molar-refractivity contribution in [1.29, 1.82) is 0 Å². The van der Waals surface area contributed by atoms with Gasteiger partial charge in [0.1, 0.15) is 0 Å². The van der Waals surface area contributed by atoms with Crippen LogP contribution in [0.2, 0.25) is 0 Å². The van der Waals surface area contributed by atoms with Crippen molar-refractivity contribution in [3.8, 4) is 0 Å². The summed E-state index contributed by atoms with van der Waals surface area (Å²) >= 11 is 0. The van der Waals surface area contributed by atoms with E-state index in [9.17, 15) is 9.90 Å². The molecule has 1 aliphatic rings. The van der Waals surface area contributed by atoms with E-state index in [1.807, 2.05) is 60.5 Å². The van der Waals surface area contributed by atoms with E-state index in [4.69, 9.17) is 4.74 Å². The normalized spacial score (nSPS) is 18.8. The quantitative estimate of drug-likeness (QED) is 0.414. The lowest BCUT2D eigenvalue weighted by atomic mass is 9.74. The molecular formula is C28H41N3O3. The molecule has 2 aromatic rings. The van der Waals surface area contributed by atoms with Gasteiger partial charge in [0, 0.05) is 45.3 Å². The highest BCUT2D eigenvalue weighted by Crippen LogP contribution is 2.39. The third-order valence-corrected chi connectivity index (χ3v) is 6.92. The number of nitrogens with zero attached hydrogens (tertiary/aromatic N) is 1.